The maximum atomic E-state index is 12.9. The molecule has 2 aromatic carbocycles. The van der Waals surface area contributed by atoms with Crippen LogP contribution in [0.25, 0.3) is 5.57 Å². The molecule has 1 fully saturated rings. The van der Waals surface area contributed by atoms with Crippen LogP contribution in [-0.4, -0.2) is 61.4 Å². The van der Waals surface area contributed by atoms with Crippen LogP contribution in [0.1, 0.15) is 35.1 Å². The molecule has 1 atom stereocenters. The van der Waals surface area contributed by atoms with E-state index in [1.807, 2.05) is 36.4 Å². The summed E-state index contributed by atoms with van der Waals surface area (Å²) in [6, 6.07) is 17.1. The van der Waals surface area contributed by atoms with Crippen molar-refractivity contribution in [2.45, 2.75) is 23.7 Å². The lowest BCUT2D eigenvalue weighted by atomic mass is 9.90. The number of sulfonamides is 1. The van der Waals surface area contributed by atoms with E-state index in [9.17, 15) is 18.3 Å². The molecule has 0 saturated carbocycles. The number of ether oxygens (including phenoxy) is 1. The molecule has 7 nitrogen and oxygen atoms in total. The van der Waals surface area contributed by atoms with Gasteiger partial charge in [0, 0.05) is 38.3 Å². The van der Waals surface area contributed by atoms with Gasteiger partial charge >= 0.3 is 5.97 Å². The van der Waals surface area contributed by atoms with E-state index in [2.05, 4.69) is 17.0 Å². The van der Waals surface area contributed by atoms with Gasteiger partial charge in [-0.2, -0.15) is 4.31 Å². The molecule has 0 radical (unpaired) electrons. The number of carboxylic acid groups (broad SMARTS) is 1. The molecule has 36 heavy (non-hydrogen) atoms. The molecule has 2 aliphatic heterocycles. The van der Waals surface area contributed by atoms with Crippen LogP contribution in [0, 0.1) is 0 Å². The molecular weight excluding hydrogens is 496 g/mol. The van der Waals surface area contributed by atoms with Crippen LogP contribution in [0.5, 0.6) is 5.75 Å². The van der Waals surface area contributed by atoms with Crippen molar-refractivity contribution < 1.29 is 23.1 Å². The maximum Gasteiger partial charge on any atom is 0.310 e. The van der Waals surface area contributed by atoms with Crippen molar-refractivity contribution >= 4 is 32.9 Å². The lowest BCUT2D eigenvalue weighted by Gasteiger charge is -2.33. The van der Waals surface area contributed by atoms with Crippen LogP contribution in [0.4, 0.5) is 0 Å². The van der Waals surface area contributed by atoms with Gasteiger partial charge in [-0.3, -0.25) is 9.69 Å². The molecule has 1 aromatic heterocycles. The summed E-state index contributed by atoms with van der Waals surface area (Å²) in [7, 11) is -3.44. The quantitative estimate of drug-likeness (QED) is 0.518. The van der Waals surface area contributed by atoms with E-state index >= 15 is 0 Å². The highest BCUT2D eigenvalue weighted by Crippen LogP contribution is 2.38. The molecule has 0 amide bonds. The normalized spacial score (nSPS) is 18.6. The van der Waals surface area contributed by atoms with Gasteiger partial charge < -0.3 is 9.84 Å². The van der Waals surface area contributed by atoms with Crippen molar-refractivity contribution in [1.29, 1.82) is 0 Å². The third-order valence-electron chi connectivity index (χ3n) is 6.83. The van der Waals surface area contributed by atoms with Crippen LogP contribution >= 0.6 is 11.3 Å². The van der Waals surface area contributed by atoms with Crippen molar-refractivity contribution in [2.75, 3.05) is 32.7 Å². The molecule has 3 aromatic rings. The largest absolute Gasteiger partial charge is 0.488 e. The van der Waals surface area contributed by atoms with E-state index in [1.165, 1.54) is 11.3 Å². The minimum absolute atomic E-state index is 0.385. The van der Waals surface area contributed by atoms with Crippen LogP contribution in [0.2, 0.25) is 0 Å². The van der Waals surface area contributed by atoms with Crippen molar-refractivity contribution in [3.8, 4) is 5.75 Å². The summed E-state index contributed by atoms with van der Waals surface area (Å²) in [5.74, 6) is -0.773. The topological polar surface area (TPSA) is 87.2 Å². The highest BCUT2D eigenvalue weighted by Gasteiger charge is 2.29. The first-order chi connectivity index (χ1) is 17.3. The molecule has 188 valence electrons. The molecule has 9 heteroatoms. The van der Waals surface area contributed by atoms with E-state index < -0.39 is 21.9 Å². The average Bonchev–Trinajstić information content (AvgIpc) is 3.39. The molecule has 2 aliphatic rings. The summed E-state index contributed by atoms with van der Waals surface area (Å²) in [5.41, 5.74) is 4.74. The Kier molecular flexibility index (Phi) is 6.98. The van der Waals surface area contributed by atoms with Gasteiger partial charge in [0.15, 0.2) is 0 Å². The minimum Gasteiger partial charge on any atom is -0.488 e. The third-order valence-corrected chi connectivity index (χ3v) is 10.1. The number of carbonyl (C=O) groups is 1. The fourth-order valence-corrected chi connectivity index (χ4v) is 7.20. The Morgan fingerprint density at radius 1 is 1.08 bits per heavy atom. The molecule has 5 rings (SSSR count). The summed E-state index contributed by atoms with van der Waals surface area (Å²) in [5, 5.41) is 11.3. The summed E-state index contributed by atoms with van der Waals surface area (Å²) in [4.78, 5) is 13.9. The zero-order valence-corrected chi connectivity index (χ0v) is 21.6. The fourth-order valence-electron chi connectivity index (χ4n) is 4.64. The van der Waals surface area contributed by atoms with Gasteiger partial charge in [0.25, 0.3) is 10.0 Å². The van der Waals surface area contributed by atoms with Crippen molar-refractivity contribution in [1.82, 2.24) is 9.21 Å². The van der Waals surface area contributed by atoms with E-state index in [0.717, 1.165) is 33.6 Å². The molecular formula is C27H28N2O5S2. The zero-order valence-electron chi connectivity index (χ0n) is 20.0. The molecule has 0 spiro atoms. The molecule has 1 unspecified atom stereocenters. The smallest absolute Gasteiger partial charge is 0.310 e. The van der Waals surface area contributed by atoms with Crippen molar-refractivity contribution in [2.24, 2.45) is 0 Å². The van der Waals surface area contributed by atoms with Gasteiger partial charge in [0.2, 0.25) is 0 Å². The summed E-state index contributed by atoms with van der Waals surface area (Å²) >= 11 is 1.25. The second-order valence-electron chi connectivity index (χ2n) is 9.02. The van der Waals surface area contributed by atoms with Gasteiger partial charge in [-0.1, -0.05) is 42.5 Å². The lowest BCUT2D eigenvalue weighted by Crippen LogP contribution is -2.48. The number of carboxylic acids is 1. The molecule has 1 saturated heterocycles. The van der Waals surface area contributed by atoms with Gasteiger partial charge in [-0.05, 0) is 52.8 Å². The van der Waals surface area contributed by atoms with Gasteiger partial charge in [-0.25, -0.2) is 8.42 Å². The zero-order chi connectivity index (χ0) is 25.3. The Balaban J connectivity index is 1.41. The first-order valence-corrected chi connectivity index (χ1v) is 14.2. The maximum absolute atomic E-state index is 12.9. The number of hydrogen-bond donors (Lipinski definition) is 1. The number of rotatable bonds is 6. The molecule has 0 bridgehead atoms. The monoisotopic (exact) mass is 524 g/mol. The number of fused-ring (bicyclic) bond motifs is 2. The molecule has 0 aliphatic carbocycles. The SMILES string of the molecule is CC(C(=O)O)c1ccc2c(c1)C(=CCN1CCN(S(=O)(=O)c3cccs3)CC1)c1ccccc1CO2. The van der Waals surface area contributed by atoms with Crippen LogP contribution in [0.15, 0.2) is 70.3 Å². The summed E-state index contributed by atoms with van der Waals surface area (Å²) in [6.07, 6.45) is 2.16. The van der Waals surface area contributed by atoms with Crippen LogP contribution < -0.4 is 4.74 Å². The van der Waals surface area contributed by atoms with E-state index in [1.54, 1.807) is 28.7 Å². The highest BCUT2D eigenvalue weighted by molar-refractivity contribution is 7.91. The fraction of sp³-hybridized carbons (Fsp3) is 0.296. The summed E-state index contributed by atoms with van der Waals surface area (Å²) < 4.78 is 33.8. The Bertz CT molecular complexity index is 1390. The Labute approximate surface area is 215 Å². The lowest BCUT2D eigenvalue weighted by molar-refractivity contribution is -0.138. The Morgan fingerprint density at radius 3 is 2.58 bits per heavy atom. The first-order valence-electron chi connectivity index (χ1n) is 11.9. The third kappa shape index (κ3) is 4.84. The number of aliphatic carboxylic acids is 1. The average molecular weight is 525 g/mol. The van der Waals surface area contributed by atoms with Crippen LogP contribution in [0.3, 0.4) is 0 Å². The van der Waals surface area contributed by atoms with Gasteiger partial charge in [0.05, 0.1) is 5.92 Å². The second-order valence-corrected chi connectivity index (χ2v) is 12.1. The predicted molar refractivity (Wildman–Crippen MR) is 140 cm³/mol. The van der Waals surface area contributed by atoms with Crippen molar-refractivity contribution in [3.63, 3.8) is 0 Å². The minimum atomic E-state index is -3.44. The van der Waals surface area contributed by atoms with Crippen molar-refractivity contribution in [3.05, 3.63) is 88.3 Å². The van der Waals surface area contributed by atoms with Gasteiger partial charge in [-0.15, -0.1) is 11.3 Å². The summed E-state index contributed by atoms with van der Waals surface area (Å²) in [6.45, 7) is 4.93. The standard InChI is InChI=1S/C27H28N2O5S2/c1-19(27(30)31)20-8-9-25-24(17-20)23(22-6-3-2-5-21(22)18-34-25)10-11-28-12-14-29(15-13-28)36(32,33)26-7-4-16-35-26/h2-10,16-17,19H,11-15,18H2,1H3,(H,30,31). The molecule has 3 heterocycles. The van der Waals surface area contributed by atoms with Crippen LogP contribution in [-0.2, 0) is 21.4 Å². The number of thiophene rings is 1. The van der Waals surface area contributed by atoms with E-state index in [4.69, 9.17) is 4.74 Å². The van der Waals surface area contributed by atoms with E-state index in [0.29, 0.717) is 43.5 Å². The van der Waals surface area contributed by atoms with Gasteiger partial charge in [0.1, 0.15) is 16.6 Å². The highest BCUT2D eigenvalue weighted by atomic mass is 32.2. The predicted octanol–water partition coefficient (Wildman–Crippen LogP) is 4.27. The number of nitrogens with zero attached hydrogens (tertiary/aromatic N) is 2. The number of piperazine rings is 1. The first kappa shape index (κ1) is 24.7. The number of hydrogen-bond acceptors (Lipinski definition) is 6. The Hall–Kier alpha value is -2.98. The second kappa shape index (κ2) is 10.2. The molecule has 1 N–H and O–H groups in total. The number of benzene rings is 2. The van der Waals surface area contributed by atoms with E-state index in [-0.39, 0.29) is 0 Å². The Morgan fingerprint density at radius 2 is 1.86 bits per heavy atom.